The number of hydrogen-bond donors (Lipinski definition) is 1. The molecule has 1 N–H and O–H groups in total. The Balaban J connectivity index is 2.14. The lowest BCUT2D eigenvalue weighted by molar-refractivity contribution is -0.135. The SMILES string of the molecule is COC(=O)/C=C1/SC(=NC(=O)c2ccc(C)cc2)NC1=O. The number of hydrogen-bond acceptors (Lipinski definition) is 5. The molecule has 1 aromatic carbocycles. The van der Waals surface area contributed by atoms with E-state index in [1.807, 2.05) is 6.92 Å². The topological polar surface area (TPSA) is 84.8 Å². The lowest BCUT2D eigenvalue weighted by Crippen LogP contribution is -2.21. The highest BCUT2D eigenvalue weighted by Crippen LogP contribution is 2.23. The predicted molar refractivity (Wildman–Crippen MR) is 78.8 cm³/mol. The number of thioether (sulfide) groups is 1. The van der Waals surface area contributed by atoms with Crippen LogP contribution >= 0.6 is 11.8 Å². The number of carbonyl (C=O) groups is 3. The van der Waals surface area contributed by atoms with Crippen LogP contribution in [-0.4, -0.2) is 30.1 Å². The smallest absolute Gasteiger partial charge is 0.331 e. The van der Waals surface area contributed by atoms with Crippen molar-refractivity contribution in [1.29, 1.82) is 0 Å². The molecule has 7 heteroatoms. The highest BCUT2D eigenvalue weighted by molar-refractivity contribution is 8.18. The Labute approximate surface area is 125 Å². The van der Waals surface area contributed by atoms with Crippen LogP contribution in [-0.2, 0) is 14.3 Å². The van der Waals surface area contributed by atoms with E-state index in [2.05, 4.69) is 15.0 Å². The van der Waals surface area contributed by atoms with Gasteiger partial charge in [-0.15, -0.1) is 0 Å². The largest absolute Gasteiger partial charge is 0.466 e. The van der Waals surface area contributed by atoms with Gasteiger partial charge in [-0.3, -0.25) is 9.59 Å². The molecule has 0 saturated carbocycles. The van der Waals surface area contributed by atoms with Crippen LogP contribution in [0.15, 0.2) is 40.2 Å². The number of nitrogens with zero attached hydrogens (tertiary/aromatic N) is 1. The Morgan fingerprint density at radius 2 is 1.95 bits per heavy atom. The second kappa shape index (κ2) is 6.36. The van der Waals surface area contributed by atoms with Crippen LogP contribution in [0.5, 0.6) is 0 Å². The number of ether oxygens (including phenoxy) is 1. The average molecular weight is 304 g/mol. The van der Waals surface area contributed by atoms with Gasteiger partial charge in [-0.25, -0.2) is 4.79 Å². The second-order valence-corrected chi connectivity index (χ2v) is 5.21. The number of benzene rings is 1. The number of amidine groups is 1. The van der Waals surface area contributed by atoms with E-state index in [-0.39, 0.29) is 10.1 Å². The quantitative estimate of drug-likeness (QED) is 0.659. The van der Waals surface area contributed by atoms with Crippen molar-refractivity contribution < 1.29 is 19.1 Å². The van der Waals surface area contributed by atoms with Gasteiger partial charge < -0.3 is 10.1 Å². The molecule has 0 atom stereocenters. The maximum Gasteiger partial charge on any atom is 0.331 e. The summed E-state index contributed by atoms with van der Waals surface area (Å²) in [5.41, 5.74) is 1.46. The molecule has 0 spiro atoms. The monoisotopic (exact) mass is 304 g/mol. The molecular weight excluding hydrogens is 292 g/mol. The van der Waals surface area contributed by atoms with Gasteiger partial charge in [0.05, 0.1) is 12.0 Å². The Hall–Kier alpha value is -2.41. The molecular formula is C14H12N2O4S. The summed E-state index contributed by atoms with van der Waals surface area (Å²) < 4.78 is 4.44. The number of carbonyl (C=O) groups excluding carboxylic acids is 3. The van der Waals surface area contributed by atoms with Crippen LogP contribution in [0.3, 0.4) is 0 Å². The normalized spacial score (nSPS) is 17.9. The minimum absolute atomic E-state index is 0.136. The van der Waals surface area contributed by atoms with Gasteiger partial charge in [-0.1, -0.05) is 17.7 Å². The van der Waals surface area contributed by atoms with Crippen molar-refractivity contribution >= 4 is 34.7 Å². The molecule has 1 aromatic rings. The third kappa shape index (κ3) is 3.79. The van der Waals surface area contributed by atoms with Gasteiger partial charge in [0, 0.05) is 11.6 Å². The van der Waals surface area contributed by atoms with Crippen LogP contribution in [0.4, 0.5) is 0 Å². The molecule has 2 amide bonds. The zero-order valence-electron chi connectivity index (χ0n) is 11.4. The lowest BCUT2D eigenvalue weighted by atomic mass is 10.1. The number of amides is 2. The van der Waals surface area contributed by atoms with Gasteiger partial charge in [0.15, 0.2) is 5.17 Å². The van der Waals surface area contributed by atoms with E-state index in [0.717, 1.165) is 23.4 Å². The molecule has 1 aliphatic heterocycles. The van der Waals surface area contributed by atoms with Crippen LogP contribution in [0.2, 0.25) is 0 Å². The predicted octanol–water partition coefficient (Wildman–Crippen LogP) is 1.41. The Bertz CT molecular complexity index is 662. The van der Waals surface area contributed by atoms with Crippen molar-refractivity contribution in [2.24, 2.45) is 4.99 Å². The number of rotatable bonds is 2. The average Bonchev–Trinajstić information content (AvgIpc) is 2.79. The van der Waals surface area contributed by atoms with E-state index in [0.29, 0.717) is 5.56 Å². The lowest BCUT2D eigenvalue weighted by Gasteiger charge is -1.97. The minimum atomic E-state index is -0.640. The summed E-state index contributed by atoms with van der Waals surface area (Å²) in [6.45, 7) is 1.91. The highest BCUT2D eigenvalue weighted by atomic mass is 32.2. The molecule has 0 radical (unpaired) electrons. The van der Waals surface area contributed by atoms with E-state index in [4.69, 9.17) is 0 Å². The van der Waals surface area contributed by atoms with E-state index < -0.39 is 17.8 Å². The molecule has 1 aliphatic rings. The van der Waals surface area contributed by atoms with E-state index in [1.54, 1.807) is 24.3 Å². The summed E-state index contributed by atoms with van der Waals surface area (Å²) in [5.74, 6) is -1.59. The number of aliphatic imine (C=N–C) groups is 1. The van der Waals surface area contributed by atoms with Gasteiger partial charge in [-0.05, 0) is 30.8 Å². The van der Waals surface area contributed by atoms with Gasteiger partial charge >= 0.3 is 5.97 Å². The molecule has 2 rings (SSSR count). The van der Waals surface area contributed by atoms with Crippen LogP contribution in [0.25, 0.3) is 0 Å². The summed E-state index contributed by atoms with van der Waals surface area (Å²) in [5, 5.41) is 2.56. The number of nitrogens with one attached hydrogen (secondary N) is 1. The molecule has 0 unspecified atom stereocenters. The molecule has 0 bridgehead atoms. The van der Waals surface area contributed by atoms with E-state index in [9.17, 15) is 14.4 Å². The van der Waals surface area contributed by atoms with Crippen LogP contribution < -0.4 is 5.32 Å². The third-order valence-corrected chi connectivity index (χ3v) is 3.51. The summed E-state index contributed by atoms with van der Waals surface area (Å²) in [6.07, 6.45) is 1.05. The van der Waals surface area contributed by atoms with Crippen LogP contribution in [0, 0.1) is 6.92 Å². The molecule has 1 heterocycles. The van der Waals surface area contributed by atoms with Crippen molar-refractivity contribution in [1.82, 2.24) is 5.32 Å². The number of aryl methyl sites for hydroxylation is 1. The van der Waals surface area contributed by atoms with Gasteiger partial charge in [0.1, 0.15) is 0 Å². The first-order valence-electron chi connectivity index (χ1n) is 5.98. The molecule has 108 valence electrons. The Morgan fingerprint density at radius 1 is 1.29 bits per heavy atom. The first-order valence-corrected chi connectivity index (χ1v) is 6.80. The maximum absolute atomic E-state index is 11.9. The first-order chi connectivity index (χ1) is 9.99. The summed E-state index contributed by atoms with van der Waals surface area (Å²) in [7, 11) is 1.22. The van der Waals surface area contributed by atoms with Gasteiger partial charge in [0.2, 0.25) is 0 Å². The number of methoxy groups -OCH3 is 1. The molecule has 1 saturated heterocycles. The summed E-state index contributed by atoms with van der Waals surface area (Å²) in [6, 6.07) is 6.93. The molecule has 0 aromatic heterocycles. The van der Waals surface area contributed by atoms with Crippen molar-refractivity contribution in [3.8, 4) is 0 Å². The van der Waals surface area contributed by atoms with Crippen molar-refractivity contribution in [2.75, 3.05) is 7.11 Å². The van der Waals surface area contributed by atoms with E-state index in [1.165, 1.54) is 7.11 Å². The van der Waals surface area contributed by atoms with Crippen molar-refractivity contribution in [3.05, 3.63) is 46.4 Å². The van der Waals surface area contributed by atoms with Crippen molar-refractivity contribution in [2.45, 2.75) is 6.92 Å². The zero-order valence-corrected chi connectivity index (χ0v) is 12.2. The molecule has 6 nitrogen and oxygen atoms in total. The fourth-order valence-electron chi connectivity index (χ4n) is 1.50. The zero-order chi connectivity index (χ0) is 15.4. The number of esters is 1. The van der Waals surface area contributed by atoms with Crippen molar-refractivity contribution in [3.63, 3.8) is 0 Å². The molecule has 1 fully saturated rings. The fraction of sp³-hybridized carbons (Fsp3) is 0.143. The Kier molecular flexibility index (Phi) is 4.54. The third-order valence-electron chi connectivity index (χ3n) is 2.60. The van der Waals surface area contributed by atoms with Gasteiger partial charge in [0.25, 0.3) is 11.8 Å². The summed E-state index contributed by atoms with van der Waals surface area (Å²) >= 11 is 0.917. The maximum atomic E-state index is 11.9. The minimum Gasteiger partial charge on any atom is -0.466 e. The van der Waals surface area contributed by atoms with E-state index >= 15 is 0 Å². The highest BCUT2D eigenvalue weighted by Gasteiger charge is 2.25. The van der Waals surface area contributed by atoms with Gasteiger partial charge in [-0.2, -0.15) is 4.99 Å². The Morgan fingerprint density at radius 3 is 2.57 bits per heavy atom. The standard InChI is InChI=1S/C14H12N2O4S/c1-8-3-5-9(6-4-8)12(18)15-14-16-13(19)10(21-14)7-11(17)20-2/h3-7H,1-2H3,(H,15,16,18,19)/b10-7+. The molecule has 21 heavy (non-hydrogen) atoms. The fourth-order valence-corrected chi connectivity index (χ4v) is 2.28. The van der Waals surface area contributed by atoms with Crippen LogP contribution in [0.1, 0.15) is 15.9 Å². The molecule has 0 aliphatic carbocycles. The first kappa shape index (κ1) is 15.0. The second-order valence-electron chi connectivity index (χ2n) is 4.18. The summed E-state index contributed by atoms with van der Waals surface area (Å²) in [4.78, 5) is 38.6.